The third-order valence-electron chi connectivity index (χ3n) is 5.51. The normalized spacial score (nSPS) is 21.9. The predicted molar refractivity (Wildman–Crippen MR) is 104 cm³/mol. The average Bonchev–Trinajstić information content (AvgIpc) is 2.97. The summed E-state index contributed by atoms with van der Waals surface area (Å²) in [5, 5.41) is 11.7. The third-order valence-corrected chi connectivity index (χ3v) is 7.41. The number of amides is 1. The van der Waals surface area contributed by atoms with E-state index in [-0.39, 0.29) is 16.5 Å². The average molecular weight is 410 g/mol. The molecule has 1 aromatic rings. The van der Waals surface area contributed by atoms with Crippen LogP contribution < -0.4 is 10.6 Å². The second-order valence-corrected chi connectivity index (χ2v) is 9.35. The Bertz CT molecular complexity index is 850. The molecule has 1 aromatic carbocycles. The number of rotatable bonds is 5. The molecule has 28 heavy (non-hydrogen) atoms. The van der Waals surface area contributed by atoms with Gasteiger partial charge in [-0.15, -0.1) is 0 Å². The Morgan fingerprint density at radius 1 is 1.11 bits per heavy atom. The molecular formula is C18H26N4O5S. The Morgan fingerprint density at radius 2 is 1.79 bits per heavy atom. The zero-order valence-corrected chi connectivity index (χ0v) is 16.6. The van der Waals surface area contributed by atoms with Crippen LogP contribution in [-0.2, 0) is 14.8 Å². The van der Waals surface area contributed by atoms with Crippen LogP contribution in [0.15, 0.2) is 23.1 Å². The minimum Gasteiger partial charge on any atom is -0.369 e. The van der Waals surface area contributed by atoms with Crippen LogP contribution in [0, 0.1) is 16.0 Å². The largest absolute Gasteiger partial charge is 0.369 e. The van der Waals surface area contributed by atoms with E-state index in [1.165, 1.54) is 16.4 Å². The summed E-state index contributed by atoms with van der Waals surface area (Å²) in [4.78, 5) is 24.3. The SMILES string of the molecule is NC(=O)C1CCCN(c2ccc(S(=O)(=O)N3CCCCCC3)cc2[N+](=O)[O-])C1. The molecule has 0 saturated carbocycles. The fourth-order valence-corrected chi connectivity index (χ4v) is 5.47. The second-order valence-electron chi connectivity index (χ2n) is 7.41. The fraction of sp³-hybridized carbons (Fsp3) is 0.611. The van der Waals surface area contributed by atoms with Crippen LogP contribution in [0.5, 0.6) is 0 Å². The number of nitro benzene ring substituents is 1. The number of nitrogens with zero attached hydrogens (tertiary/aromatic N) is 3. The number of sulfonamides is 1. The molecule has 2 saturated heterocycles. The summed E-state index contributed by atoms with van der Waals surface area (Å²) < 4.78 is 27.4. The Morgan fingerprint density at radius 3 is 2.39 bits per heavy atom. The standard InChI is InChI=1S/C18H26N4O5S/c19-18(23)14-6-5-9-20(13-14)16-8-7-15(12-17(16)22(24)25)28(26,27)21-10-3-1-2-4-11-21/h7-8,12,14H,1-6,9-11,13H2,(H2,19,23). The molecule has 1 unspecified atom stereocenters. The lowest BCUT2D eigenvalue weighted by molar-refractivity contribution is -0.384. The van der Waals surface area contributed by atoms with Gasteiger partial charge in [-0.2, -0.15) is 4.31 Å². The van der Waals surface area contributed by atoms with Gasteiger partial charge in [-0.25, -0.2) is 8.42 Å². The summed E-state index contributed by atoms with van der Waals surface area (Å²) in [7, 11) is -3.78. The lowest BCUT2D eigenvalue weighted by Crippen LogP contribution is -2.41. The molecule has 0 radical (unpaired) electrons. The molecule has 2 N–H and O–H groups in total. The van der Waals surface area contributed by atoms with Crippen LogP contribution in [0.1, 0.15) is 38.5 Å². The van der Waals surface area contributed by atoms with Gasteiger partial charge >= 0.3 is 0 Å². The minimum absolute atomic E-state index is 0.0617. The maximum atomic E-state index is 13.0. The van der Waals surface area contributed by atoms with Gasteiger partial charge in [-0.3, -0.25) is 14.9 Å². The maximum absolute atomic E-state index is 13.0. The summed E-state index contributed by atoms with van der Waals surface area (Å²) in [5.74, 6) is -0.790. The predicted octanol–water partition coefficient (Wildman–Crippen LogP) is 1.86. The van der Waals surface area contributed by atoms with E-state index in [4.69, 9.17) is 5.73 Å². The number of piperidine rings is 1. The zero-order valence-electron chi connectivity index (χ0n) is 15.7. The highest BCUT2D eigenvalue weighted by Gasteiger charge is 2.31. The molecule has 0 spiro atoms. The van der Waals surface area contributed by atoms with Crippen molar-refractivity contribution in [1.82, 2.24) is 4.31 Å². The van der Waals surface area contributed by atoms with Crippen LogP contribution in [-0.4, -0.2) is 49.7 Å². The number of nitrogens with two attached hydrogens (primary N) is 1. The van der Waals surface area contributed by atoms with Gasteiger partial charge in [-0.05, 0) is 37.8 Å². The van der Waals surface area contributed by atoms with E-state index >= 15 is 0 Å². The Hall–Kier alpha value is -2.20. The summed E-state index contributed by atoms with van der Waals surface area (Å²) in [6.07, 6.45) is 4.91. The van der Waals surface area contributed by atoms with E-state index in [2.05, 4.69) is 0 Å². The van der Waals surface area contributed by atoms with Crippen LogP contribution in [0.3, 0.4) is 0 Å². The van der Waals surface area contributed by atoms with Gasteiger partial charge in [0.1, 0.15) is 5.69 Å². The Labute approximate surface area is 164 Å². The number of benzene rings is 1. The van der Waals surface area contributed by atoms with Gasteiger partial charge in [0.15, 0.2) is 0 Å². The van der Waals surface area contributed by atoms with Crippen molar-refractivity contribution in [2.45, 2.75) is 43.4 Å². The molecular weight excluding hydrogens is 384 g/mol. The van der Waals surface area contributed by atoms with E-state index in [0.29, 0.717) is 44.7 Å². The monoisotopic (exact) mass is 410 g/mol. The molecule has 1 atom stereocenters. The zero-order chi connectivity index (χ0) is 20.3. The Kier molecular flexibility index (Phi) is 6.19. The number of hydrogen-bond donors (Lipinski definition) is 1. The fourth-order valence-electron chi connectivity index (χ4n) is 3.94. The van der Waals surface area contributed by atoms with E-state index < -0.39 is 20.9 Å². The first-order valence-electron chi connectivity index (χ1n) is 9.63. The van der Waals surface area contributed by atoms with Crippen molar-refractivity contribution < 1.29 is 18.1 Å². The quantitative estimate of drug-likeness (QED) is 0.583. The van der Waals surface area contributed by atoms with Crippen molar-refractivity contribution in [3.63, 3.8) is 0 Å². The molecule has 0 bridgehead atoms. The molecule has 2 fully saturated rings. The number of anilines is 1. The lowest BCUT2D eigenvalue weighted by Gasteiger charge is -2.32. The first-order chi connectivity index (χ1) is 13.3. The number of carbonyl (C=O) groups is 1. The molecule has 154 valence electrons. The van der Waals surface area contributed by atoms with E-state index in [1.807, 2.05) is 0 Å². The first-order valence-corrected chi connectivity index (χ1v) is 11.1. The number of nitro groups is 1. The number of primary amides is 1. The lowest BCUT2D eigenvalue weighted by atomic mass is 9.97. The molecule has 1 amide bonds. The molecule has 0 aliphatic carbocycles. The van der Waals surface area contributed by atoms with E-state index in [0.717, 1.165) is 31.7 Å². The van der Waals surface area contributed by atoms with Crippen molar-refractivity contribution in [3.05, 3.63) is 28.3 Å². The van der Waals surface area contributed by atoms with Gasteiger partial charge in [-0.1, -0.05) is 12.8 Å². The van der Waals surface area contributed by atoms with Crippen molar-refractivity contribution in [2.75, 3.05) is 31.1 Å². The molecule has 2 aliphatic heterocycles. The van der Waals surface area contributed by atoms with Crippen molar-refractivity contribution >= 4 is 27.3 Å². The molecule has 3 rings (SSSR count). The van der Waals surface area contributed by atoms with Gasteiger partial charge in [0.2, 0.25) is 15.9 Å². The first kappa shape index (κ1) is 20.5. The molecule has 2 heterocycles. The Balaban J connectivity index is 1.93. The van der Waals surface area contributed by atoms with Crippen LogP contribution >= 0.6 is 0 Å². The highest BCUT2D eigenvalue weighted by molar-refractivity contribution is 7.89. The number of carbonyl (C=O) groups excluding carboxylic acids is 1. The van der Waals surface area contributed by atoms with Gasteiger partial charge < -0.3 is 10.6 Å². The number of hydrogen-bond acceptors (Lipinski definition) is 6. The molecule has 10 heteroatoms. The maximum Gasteiger partial charge on any atom is 0.293 e. The van der Waals surface area contributed by atoms with Crippen LogP contribution in [0.4, 0.5) is 11.4 Å². The van der Waals surface area contributed by atoms with Crippen molar-refractivity contribution in [1.29, 1.82) is 0 Å². The van der Waals surface area contributed by atoms with Crippen molar-refractivity contribution in [2.24, 2.45) is 11.7 Å². The topological polar surface area (TPSA) is 127 Å². The van der Waals surface area contributed by atoms with Crippen LogP contribution in [0.2, 0.25) is 0 Å². The van der Waals surface area contributed by atoms with Crippen LogP contribution in [0.25, 0.3) is 0 Å². The molecule has 0 aromatic heterocycles. The summed E-state index contributed by atoms with van der Waals surface area (Å²) in [5.41, 5.74) is 5.46. The molecule has 2 aliphatic rings. The van der Waals surface area contributed by atoms with Crippen molar-refractivity contribution in [3.8, 4) is 0 Å². The smallest absolute Gasteiger partial charge is 0.293 e. The summed E-state index contributed by atoms with van der Waals surface area (Å²) in [6.45, 7) is 1.73. The minimum atomic E-state index is -3.78. The highest BCUT2D eigenvalue weighted by atomic mass is 32.2. The van der Waals surface area contributed by atoms with E-state index in [9.17, 15) is 23.3 Å². The van der Waals surface area contributed by atoms with Gasteiger partial charge in [0, 0.05) is 32.2 Å². The van der Waals surface area contributed by atoms with Gasteiger partial charge in [0.25, 0.3) is 5.69 Å². The molecule has 9 nitrogen and oxygen atoms in total. The van der Waals surface area contributed by atoms with E-state index in [1.54, 1.807) is 4.90 Å². The second kappa shape index (κ2) is 8.44. The summed E-state index contributed by atoms with van der Waals surface area (Å²) >= 11 is 0. The summed E-state index contributed by atoms with van der Waals surface area (Å²) in [6, 6.07) is 4.05. The third kappa shape index (κ3) is 4.27. The highest BCUT2D eigenvalue weighted by Crippen LogP contribution is 2.34. The van der Waals surface area contributed by atoms with Gasteiger partial charge in [0.05, 0.1) is 15.7 Å².